The predicted octanol–water partition coefficient (Wildman–Crippen LogP) is -2.14. The van der Waals surface area contributed by atoms with Crippen molar-refractivity contribution in [2.24, 2.45) is 0 Å². The van der Waals surface area contributed by atoms with Gasteiger partial charge >= 0.3 is 0 Å². The molecule has 0 radical (unpaired) electrons. The molecule has 0 aromatic carbocycles. The van der Waals surface area contributed by atoms with Crippen molar-refractivity contribution >= 4 is 0 Å². The molecule has 0 bridgehead atoms. The predicted molar refractivity (Wildman–Crippen MR) is 18.6 cm³/mol. The zero-order chi connectivity index (χ0) is 5.41. The summed E-state index contributed by atoms with van der Waals surface area (Å²) in [6.45, 7) is -1.50. The van der Waals surface area contributed by atoms with Crippen LogP contribution in [-0.2, 0) is 0 Å². The highest BCUT2D eigenvalue weighted by Crippen LogP contribution is 1.17. The van der Waals surface area contributed by atoms with Crippen molar-refractivity contribution in [3.63, 3.8) is 0 Å². The Kier molecular flexibility index (Phi) is 32.6. The quantitative estimate of drug-likeness (QED) is 0.259. The molecule has 6 heavy (non-hydrogen) atoms. The van der Waals surface area contributed by atoms with Gasteiger partial charge in [0.15, 0.2) is 0 Å². The Hall–Kier alpha value is -0.160. The molecule has 0 atom stereocenters. The van der Waals surface area contributed by atoms with Crippen LogP contribution in [0.4, 0.5) is 0 Å². The van der Waals surface area contributed by atoms with Gasteiger partial charge < -0.3 is 20.4 Å². The highest BCUT2D eigenvalue weighted by molar-refractivity contribution is 3.50. The third-order valence-electron chi connectivity index (χ3n) is 0. The molecule has 0 aliphatic heterocycles. The Bertz CT molecular complexity index is 7.51. The molecule has 0 saturated carbocycles. The average molecular weight is 96.1 g/mol. The molecule has 0 amide bonds. The second kappa shape index (κ2) is 21.1. The molecule has 40 valence electrons. The first-order valence-electron chi connectivity index (χ1n) is 1.26. The number of rotatable bonds is 0. The van der Waals surface area contributed by atoms with Gasteiger partial charge in [-0.05, 0) is 0 Å². The maximum absolute atomic E-state index is 7.12. The van der Waals surface area contributed by atoms with Crippen LogP contribution in [0.2, 0.25) is 0 Å². The first-order chi connectivity index (χ1) is 2.83. The fourth-order valence-corrected chi connectivity index (χ4v) is 0. The monoisotopic (exact) mass is 96.0 g/mol. The van der Waals surface area contributed by atoms with Crippen LogP contribution in [0.1, 0.15) is 0 Å². The average Bonchev–Trinajstić information content (AvgIpc) is 1.39. The van der Waals surface area contributed by atoms with Crippen molar-refractivity contribution in [2.75, 3.05) is 13.6 Å². The zero-order valence-electron chi connectivity index (χ0n) is 3.20. The lowest BCUT2D eigenvalue weighted by molar-refractivity contribution is 0.0767. The molecule has 0 aromatic heterocycles. The molecule has 0 saturated heterocycles. The molecule has 0 spiro atoms. The van der Waals surface area contributed by atoms with E-state index < -0.39 is 13.6 Å². The van der Waals surface area contributed by atoms with Gasteiger partial charge in [-0.2, -0.15) is 0 Å². The Labute approximate surface area is 35.3 Å². The zero-order valence-corrected chi connectivity index (χ0v) is 3.20. The summed E-state index contributed by atoms with van der Waals surface area (Å²) in [5, 5.41) is 28.5. The summed E-state index contributed by atoms with van der Waals surface area (Å²) in [5.74, 6) is 0. The number of hydrogen-bond acceptors (Lipinski definition) is 4. The van der Waals surface area contributed by atoms with Gasteiger partial charge in [0, 0.05) is 0 Å². The maximum Gasteiger partial charge on any atom is 0.140 e. The SMILES string of the molecule is OCO.OCO. The van der Waals surface area contributed by atoms with Crippen molar-refractivity contribution in [1.82, 2.24) is 0 Å². The summed E-state index contributed by atoms with van der Waals surface area (Å²) in [6, 6.07) is 0. The first kappa shape index (κ1) is 9.28. The highest BCUT2D eigenvalue weighted by Gasteiger charge is 1.32. The minimum Gasteiger partial charge on any atom is -0.371 e. The van der Waals surface area contributed by atoms with Crippen LogP contribution in [-0.4, -0.2) is 34.0 Å². The van der Waals surface area contributed by atoms with Gasteiger partial charge in [-0.25, -0.2) is 0 Å². The van der Waals surface area contributed by atoms with Crippen LogP contribution in [0, 0.1) is 0 Å². The van der Waals surface area contributed by atoms with E-state index in [1.165, 1.54) is 0 Å². The van der Waals surface area contributed by atoms with Gasteiger partial charge in [0.05, 0.1) is 0 Å². The molecule has 0 rings (SSSR count). The summed E-state index contributed by atoms with van der Waals surface area (Å²) in [7, 11) is 0. The number of hydrogen-bond donors (Lipinski definition) is 4. The Balaban J connectivity index is 0. The van der Waals surface area contributed by atoms with E-state index in [-0.39, 0.29) is 0 Å². The minimum absolute atomic E-state index is 0.750. The summed E-state index contributed by atoms with van der Waals surface area (Å²) >= 11 is 0. The van der Waals surface area contributed by atoms with E-state index >= 15 is 0 Å². The number of aliphatic hydroxyl groups is 4. The van der Waals surface area contributed by atoms with Crippen LogP contribution in [0.3, 0.4) is 0 Å². The smallest absolute Gasteiger partial charge is 0.140 e. The normalized spacial score (nSPS) is 6.00. The molecule has 0 aromatic rings. The van der Waals surface area contributed by atoms with Gasteiger partial charge in [0.2, 0.25) is 0 Å². The summed E-state index contributed by atoms with van der Waals surface area (Å²) < 4.78 is 0. The van der Waals surface area contributed by atoms with Gasteiger partial charge in [-0.1, -0.05) is 0 Å². The minimum atomic E-state index is -0.750. The largest absolute Gasteiger partial charge is 0.371 e. The second-order valence-electron chi connectivity index (χ2n) is 0.283. The molecule has 0 aliphatic rings. The van der Waals surface area contributed by atoms with Crippen molar-refractivity contribution in [3.05, 3.63) is 0 Å². The highest BCUT2D eigenvalue weighted by atomic mass is 16.5. The molecule has 0 fully saturated rings. The first-order valence-corrected chi connectivity index (χ1v) is 1.26. The second-order valence-corrected chi connectivity index (χ2v) is 0.283. The molecular weight excluding hydrogens is 88.0 g/mol. The van der Waals surface area contributed by atoms with E-state index in [0.29, 0.717) is 0 Å². The molecule has 4 nitrogen and oxygen atoms in total. The van der Waals surface area contributed by atoms with Crippen molar-refractivity contribution < 1.29 is 20.4 Å². The third-order valence-corrected chi connectivity index (χ3v) is 0. The molecule has 4 heteroatoms. The standard InChI is InChI=1S/2CH4O2/c2*2-1-3/h2*2-3H,1H2. The van der Waals surface area contributed by atoms with Crippen LogP contribution in [0.5, 0.6) is 0 Å². The fourth-order valence-electron chi connectivity index (χ4n) is 0. The Morgan fingerprint density at radius 1 is 0.667 bits per heavy atom. The molecule has 0 aliphatic carbocycles. The van der Waals surface area contributed by atoms with Crippen molar-refractivity contribution in [1.29, 1.82) is 0 Å². The molecule has 0 heterocycles. The van der Waals surface area contributed by atoms with Crippen LogP contribution in [0.15, 0.2) is 0 Å². The lowest BCUT2D eigenvalue weighted by atomic mass is 11.6. The van der Waals surface area contributed by atoms with Crippen LogP contribution >= 0.6 is 0 Å². The Morgan fingerprint density at radius 3 is 0.667 bits per heavy atom. The van der Waals surface area contributed by atoms with E-state index in [1.807, 2.05) is 0 Å². The van der Waals surface area contributed by atoms with E-state index in [4.69, 9.17) is 20.4 Å². The van der Waals surface area contributed by atoms with Crippen LogP contribution < -0.4 is 0 Å². The molecule has 4 N–H and O–H groups in total. The van der Waals surface area contributed by atoms with Crippen molar-refractivity contribution in [3.8, 4) is 0 Å². The van der Waals surface area contributed by atoms with Crippen LogP contribution in [0.25, 0.3) is 0 Å². The summed E-state index contributed by atoms with van der Waals surface area (Å²) in [5.41, 5.74) is 0. The van der Waals surface area contributed by atoms with Crippen molar-refractivity contribution in [2.45, 2.75) is 0 Å². The van der Waals surface area contributed by atoms with E-state index in [2.05, 4.69) is 0 Å². The lowest BCUT2D eigenvalue weighted by Crippen LogP contribution is -1.66. The topological polar surface area (TPSA) is 80.9 Å². The molecule has 0 unspecified atom stereocenters. The van der Waals surface area contributed by atoms with Gasteiger partial charge in [0.25, 0.3) is 0 Å². The Morgan fingerprint density at radius 2 is 0.667 bits per heavy atom. The lowest BCUT2D eigenvalue weighted by Gasteiger charge is -1.55. The van der Waals surface area contributed by atoms with E-state index in [9.17, 15) is 0 Å². The third kappa shape index (κ3) is 1210. The number of aliphatic hydroxyl groups excluding tert-OH is 2. The van der Waals surface area contributed by atoms with Gasteiger partial charge in [-0.15, -0.1) is 0 Å². The van der Waals surface area contributed by atoms with Gasteiger partial charge in [-0.3, -0.25) is 0 Å². The van der Waals surface area contributed by atoms with E-state index in [0.717, 1.165) is 0 Å². The van der Waals surface area contributed by atoms with Gasteiger partial charge in [0.1, 0.15) is 13.6 Å². The maximum atomic E-state index is 7.12. The summed E-state index contributed by atoms with van der Waals surface area (Å²) in [6.07, 6.45) is 0. The molecular formula is C2H8O4. The van der Waals surface area contributed by atoms with E-state index in [1.54, 1.807) is 0 Å². The fraction of sp³-hybridized carbons (Fsp3) is 1.00. The summed E-state index contributed by atoms with van der Waals surface area (Å²) in [4.78, 5) is 0.